The van der Waals surface area contributed by atoms with Gasteiger partial charge in [0.1, 0.15) is 11.8 Å². The monoisotopic (exact) mass is 361 g/mol. The zero-order chi connectivity index (χ0) is 18.9. The summed E-state index contributed by atoms with van der Waals surface area (Å²) >= 11 is 0. The number of methoxy groups -OCH3 is 1. The quantitative estimate of drug-likeness (QED) is 0.648. The Morgan fingerprint density at radius 2 is 1.44 bits per heavy atom. The lowest BCUT2D eigenvalue weighted by Crippen LogP contribution is -2.87. The van der Waals surface area contributed by atoms with Crippen molar-refractivity contribution in [3.63, 3.8) is 0 Å². The molecule has 0 radical (unpaired) electrons. The van der Waals surface area contributed by atoms with Gasteiger partial charge in [0, 0.05) is 17.7 Å². The third kappa shape index (κ3) is 5.43. The minimum atomic E-state index is 0.0164. The van der Waals surface area contributed by atoms with Gasteiger partial charge in [0.15, 0.2) is 6.54 Å². The normalized spacial score (nSPS) is 10.6. The smallest absolute Gasteiger partial charge is 0.275 e. The summed E-state index contributed by atoms with van der Waals surface area (Å²) < 4.78 is 5.15. The van der Waals surface area contributed by atoms with E-state index in [0.29, 0.717) is 13.1 Å². The lowest BCUT2D eigenvalue weighted by molar-refractivity contribution is -0.676. The number of hydrogen-bond acceptors (Lipinski definition) is 2. The van der Waals surface area contributed by atoms with Crippen molar-refractivity contribution in [3.05, 3.63) is 102 Å². The Morgan fingerprint density at radius 3 is 1.96 bits per heavy atom. The Balaban J connectivity index is 1.58. The molecule has 0 spiro atoms. The first-order chi connectivity index (χ1) is 13.3. The number of amides is 1. The van der Waals surface area contributed by atoms with Gasteiger partial charge in [-0.1, -0.05) is 72.8 Å². The first-order valence-electron chi connectivity index (χ1n) is 9.09. The molecule has 0 saturated heterocycles. The lowest BCUT2D eigenvalue weighted by atomic mass is 9.99. The van der Waals surface area contributed by atoms with Crippen molar-refractivity contribution in [2.75, 3.05) is 13.7 Å². The summed E-state index contributed by atoms with van der Waals surface area (Å²) in [6.45, 7) is 0.878. The number of carbonyl (C=O) groups excluding carboxylic acids is 1. The van der Waals surface area contributed by atoms with Crippen molar-refractivity contribution in [3.8, 4) is 5.75 Å². The number of quaternary nitrogens is 1. The van der Waals surface area contributed by atoms with E-state index in [2.05, 4.69) is 34.9 Å². The number of benzene rings is 3. The van der Waals surface area contributed by atoms with Crippen molar-refractivity contribution in [2.24, 2.45) is 0 Å². The molecule has 0 atom stereocenters. The third-order valence-corrected chi connectivity index (χ3v) is 4.51. The van der Waals surface area contributed by atoms with Crippen LogP contribution in [-0.2, 0) is 11.3 Å². The van der Waals surface area contributed by atoms with Crippen LogP contribution in [0, 0.1) is 0 Å². The molecule has 0 aliphatic heterocycles. The molecule has 0 heterocycles. The van der Waals surface area contributed by atoms with Crippen LogP contribution >= 0.6 is 0 Å². The number of rotatable bonds is 8. The fourth-order valence-corrected chi connectivity index (χ4v) is 3.03. The van der Waals surface area contributed by atoms with Crippen molar-refractivity contribution in [1.82, 2.24) is 5.32 Å². The minimum Gasteiger partial charge on any atom is -0.497 e. The average Bonchev–Trinajstić information content (AvgIpc) is 2.74. The maximum atomic E-state index is 12.3. The van der Waals surface area contributed by atoms with Crippen molar-refractivity contribution in [1.29, 1.82) is 0 Å². The van der Waals surface area contributed by atoms with Gasteiger partial charge in [0.25, 0.3) is 5.91 Å². The molecule has 0 saturated carbocycles. The second-order valence-electron chi connectivity index (χ2n) is 6.36. The van der Waals surface area contributed by atoms with Gasteiger partial charge in [-0.15, -0.1) is 0 Å². The molecule has 0 aliphatic rings. The molecule has 1 amide bonds. The van der Waals surface area contributed by atoms with Crippen LogP contribution in [0.5, 0.6) is 5.75 Å². The predicted molar refractivity (Wildman–Crippen MR) is 106 cm³/mol. The molecule has 138 valence electrons. The van der Waals surface area contributed by atoms with Gasteiger partial charge in [0.05, 0.1) is 7.11 Å². The summed E-state index contributed by atoms with van der Waals surface area (Å²) in [5.41, 5.74) is 3.42. The van der Waals surface area contributed by atoms with E-state index in [1.807, 2.05) is 60.7 Å². The highest BCUT2D eigenvalue weighted by atomic mass is 16.5. The van der Waals surface area contributed by atoms with Gasteiger partial charge in [-0.2, -0.15) is 0 Å². The van der Waals surface area contributed by atoms with Gasteiger partial charge in [0.2, 0.25) is 0 Å². The first kappa shape index (κ1) is 18.7. The first-order valence-corrected chi connectivity index (χ1v) is 9.09. The van der Waals surface area contributed by atoms with Crippen LogP contribution in [0.1, 0.15) is 22.7 Å². The fourth-order valence-electron chi connectivity index (χ4n) is 3.03. The Morgan fingerprint density at radius 1 is 0.889 bits per heavy atom. The topological polar surface area (TPSA) is 54.9 Å². The molecule has 0 fully saturated rings. The van der Waals surface area contributed by atoms with E-state index in [0.717, 1.165) is 11.3 Å². The predicted octanol–water partition coefficient (Wildman–Crippen LogP) is 2.66. The molecule has 4 nitrogen and oxygen atoms in total. The molecule has 0 aliphatic carbocycles. The maximum Gasteiger partial charge on any atom is 0.275 e. The lowest BCUT2D eigenvalue weighted by Gasteiger charge is -2.16. The van der Waals surface area contributed by atoms with E-state index in [4.69, 9.17) is 4.74 Å². The Kier molecular flexibility index (Phi) is 6.61. The second-order valence-corrected chi connectivity index (χ2v) is 6.36. The molecule has 3 rings (SSSR count). The summed E-state index contributed by atoms with van der Waals surface area (Å²) in [6.07, 6.45) is 0. The Bertz CT molecular complexity index is 794. The molecule has 3 N–H and O–H groups in total. The summed E-state index contributed by atoms with van der Waals surface area (Å²) in [7, 11) is 1.64. The zero-order valence-corrected chi connectivity index (χ0v) is 15.5. The van der Waals surface area contributed by atoms with Crippen LogP contribution in [0.2, 0.25) is 0 Å². The molecule has 0 unspecified atom stereocenters. The van der Waals surface area contributed by atoms with Crippen LogP contribution in [0.3, 0.4) is 0 Å². The van der Waals surface area contributed by atoms with E-state index in [9.17, 15) is 4.79 Å². The summed E-state index contributed by atoms with van der Waals surface area (Å²) in [6, 6.07) is 28.3. The zero-order valence-electron chi connectivity index (χ0n) is 15.5. The molecule has 3 aromatic rings. The number of hydrogen-bond donors (Lipinski definition) is 2. The second kappa shape index (κ2) is 9.55. The molecule has 3 aromatic carbocycles. The van der Waals surface area contributed by atoms with Crippen LogP contribution in [0.25, 0.3) is 0 Å². The fraction of sp³-hybridized carbons (Fsp3) is 0.174. The number of ether oxygens (including phenoxy) is 1. The van der Waals surface area contributed by atoms with Gasteiger partial charge in [-0.05, 0) is 17.7 Å². The summed E-state index contributed by atoms with van der Waals surface area (Å²) in [5, 5.41) is 5.06. The van der Waals surface area contributed by atoms with Gasteiger partial charge < -0.3 is 15.4 Å². The van der Waals surface area contributed by atoms with Crippen molar-refractivity contribution in [2.45, 2.75) is 12.6 Å². The van der Waals surface area contributed by atoms with Crippen LogP contribution in [0.15, 0.2) is 84.9 Å². The largest absolute Gasteiger partial charge is 0.497 e. The molecular weight excluding hydrogens is 336 g/mol. The highest BCUT2D eigenvalue weighted by molar-refractivity contribution is 5.76. The van der Waals surface area contributed by atoms with E-state index < -0.39 is 0 Å². The highest BCUT2D eigenvalue weighted by Crippen LogP contribution is 2.17. The van der Waals surface area contributed by atoms with E-state index in [-0.39, 0.29) is 11.9 Å². The van der Waals surface area contributed by atoms with Crippen LogP contribution in [0.4, 0.5) is 0 Å². The molecule has 27 heavy (non-hydrogen) atoms. The third-order valence-electron chi connectivity index (χ3n) is 4.51. The van der Waals surface area contributed by atoms with E-state index in [1.54, 1.807) is 7.11 Å². The number of nitrogens with two attached hydrogens (primary N) is 1. The summed E-state index contributed by atoms with van der Waals surface area (Å²) in [5.74, 6) is 0.828. The number of carbonyl (C=O) groups is 1. The SMILES string of the molecule is COc1ccc(CNC(=O)C[NH2+]C(c2ccccc2)c2ccccc2)cc1. The van der Waals surface area contributed by atoms with Gasteiger partial charge >= 0.3 is 0 Å². The maximum absolute atomic E-state index is 12.3. The number of nitrogens with one attached hydrogen (secondary N) is 1. The van der Waals surface area contributed by atoms with Crippen molar-refractivity contribution >= 4 is 5.91 Å². The highest BCUT2D eigenvalue weighted by Gasteiger charge is 2.18. The van der Waals surface area contributed by atoms with E-state index in [1.165, 1.54) is 11.1 Å². The van der Waals surface area contributed by atoms with Crippen LogP contribution in [-0.4, -0.2) is 19.6 Å². The van der Waals surface area contributed by atoms with Crippen LogP contribution < -0.4 is 15.4 Å². The molecule has 0 aromatic heterocycles. The Labute approximate surface area is 160 Å². The minimum absolute atomic E-state index is 0.0164. The van der Waals surface area contributed by atoms with Gasteiger partial charge in [-0.25, -0.2) is 0 Å². The summed E-state index contributed by atoms with van der Waals surface area (Å²) in [4.78, 5) is 12.3. The standard InChI is InChI=1S/C23H24N2O2/c1-27-21-14-12-18(13-15-21)16-24-22(26)17-25-23(19-8-4-2-5-9-19)20-10-6-3-7-11-20/h2-15,23,25H,16-17H2,1H3,(H,24,26)/p+1. The Hall–Kier alpha value is -3.11. The molecular formula is C23H25N2O2+. The van der Waals surface area contributed by atoms with Gasteiger partial charge in [-0.3, -0.25) is 4.79 Å². The van der Waals surface area contributed by atoms with Crippen molar-refractivity contribution < 1.29 is 14.8 Å². The molecule has 4 heteroatoms. The average molecular weight is 361 g/mol. The molecule has 0 bridgehead atoms. The van der Waals surface area contributed by atoms with E-state index >= 15 is 0 Å².